The highest BCUT2D eigenvalue weighted by Crippen LogP contribution is 2.20. The predicted octanol–water partition coefficient (Wildman–Crippen LogP) is 1.96. The van der Waals surface area contributed by atoms with E-state index in [2.05, 4.69) is 5.32 Å². The summed E-state index contributed by atoms with van der Waals surface area (Å²) in [5.41, 5.74) is 5.62. The van der Waals surface area contributed by atoms with Crippen molar-refractivity contribution in [1.82, 2.24) is 5.32 Å². The van der Waals surface area contributed by atoms with Gasteiger partial charge in [-0.15, -0.1) is 0 Å². The number of nitrogens with one attached hydrogen (secondary N) is 1. The van der Waals surface area contributed by atoms with Gasteiger partial charge in [0.05, 0.1) is 0 Å². The van der Waals surface area contributed by atoms with E-state index < -0.39 is 12.6 Å². The molecule has 0 radical (unpaired) electrons. The van der Waals surface area contributed by atoms with Crippen LogP contribution in [-0.4, -0.2) is 24.7 Å². The van der Waals surface area contributed by atoms with Gasteiger partial charge in [0.25, 0.3) is 0 Å². The van der Waals surface area contributed by atoms with Gasteiger partial charge in [-0.25, -0.2) is 0 Å². The minimum Gasteiger partial charge on any atom is -0.356 e. The Kier molecular flexibility index (Phi) is 7.12. The molecule has 0 saturated carbocycles. The Morgan fingerprint density at radius 3 is 2.56 bits per heavy atom. The van der Waals surface area contributed by atoms with Crippen LogP contribution < -0.4 is 11.1 Å². The molecular formula is C10H19F3N2O. The smallest absolute Gasteiger partial charge is 0.356 e. The summed E-state index contributed by atoms with van der Waals surface area (Å²) in [7, 11) is 0. The van der Waals surface area contributed by atoms with Crippen LogP contribution in [0.1, 0.15) is 39.0 Å². The molecule has 0 rings (SSSR count). The first-order chi connectivity index (χ1) is 7.35. The quantitative estimate of drug-likeness (QED) is 0.668. The van der Waals surface area contributed by atoms with Crippen LogP contribution in [0.2, 0.25) is 0 Å². The van der Waals surface area contributed by atoms with Gasteiger partial charge in [-0.3, -0.25) is 4.79 Å². The SMILES string of the molecule is CCCC(N)CC(=O)NCCCC(F)(F)F. The molecule has 0 aromatic rings. The standard InChI is InChI=1S/C10H19F3N2O/c1-2-4-8(14)7-9(16)15-6-3-5-10(11,12)13/h8H,2-7,14H2,1H3,(H,15,16). The molecule has 1 amide bonds. The molecule has 0 bridgehead atoms. The van der Waals surface area contributed by atoms with E-state index in [1.54, 1.807) is 0 Å². The lowest BCUT2D eigenvalue weighted by Gasteiger charge is -2.11. The van der Waals surface area contributed by atoms with E-state index >= 15 is 0 Å². The Hall–Kier alpha value is -0.780. The maximum Gasteiger partial charge on any atom is 0.389 e. The number of hydrogen-bond donors (Lipinski definition) is 2. The fourth-order valence-electron chi connectivity index (χ4n) is 1.30. The normalized spacial score (nSPS) is 13.6. The zero-order valence-electron chi connectivity index (χ0n) is 9.44. The van der Waals surface area contributed by atoms with Crippen molar-refractivity contribution in [3.05, 3.63) is 0 Å². The first kappa shape index (κ1) is 15.2. The molecule has 0 fully saturated rings. The Morgan fingerprint density at radius 1 is 1.44 bits per heavy atom. The summed E-state index contributed by atoms with van der Waals surface area (Å²) in [6.07, 6.45) is -3.28. The Labute approximate surface area is 93.6 Å². The summed E-state index contributed by atoms with van der Waals surface area (Å²) in [4.78, 5) is 11.2. The number of halogens is 3. The first-order valence-electron chi connectivity index (χ1n) is 5.44. The average Bonchev–Trinajstić information content (AvgIpc) is 2.11. The second kappa shape index (κ2) is 7.49. The molecule has 96 valence electrons. The zero-order chi connectivity index (χ0) is 12.6. The van der Waals surface area contributed by atoms with Gasteiger partial charge in [0.15, 0.2) is 0 Å². The van der Waals surface area contributed by atoms with Gasteiger partial charge in [-0.1, -0.05) is 13.3 Å². The Balaban J connectivity index is 3.51. The van der Waals surface area contributed by atoms with E-state index in [9.17, 15) is 18.0 Å². The fraction of sp³-hybridized carbons (Fsp3) is 0.900. The van der Waals surface area contributed by atoms with Crippen LogP contribution in [0, 0.1) is 0 Å². The van der Waals surface area contributed by atoms with Crippen LogP contribution in [0.15, 0.2) is 0 Å². The summed E-state index contributed by atoms with van der Waals surface area (Å²) in [5, 5.41) is 2.43. The van der Waals surface area contributed by atoms with Crippen molar-refractivity contribution < 1.29 is 18.0 Å². The third-order valence-electron chi connectivity index (χ3n) is 2.07. The lowest BCUT2D eigenvalue weighted by Crippen LogP contribution is -2.32. The van der Waals surface area contributed by atoms with Crippen LogP contribution in [0.4, 0.5) is 13.2 Å². The molecule has 3 N–H and O–H groups in total. The molecular weight excluding hydrogens is 221 g/mol. The van der Waals surface area contributed by atoms with Gasteiger partial charge in [0, 0.05) is 25.4 Å². The van der Waals surface area contributed by atoms with Gasteiger partial charge in [-0.05, 0) is 12.8 Å². The summed E-state index contributed by atoms with van der Waals surface area (Å²) in [6, 6.07) is -0.201. The molecule has 1 unspecified atom stereocenters. The Bertz CT molecular complexity index is 207. The minimum atomic E-state index is -4.15. The molecule has 0 aliphatic heterocycles. The topological polar surface area (TPSA) is 55.1 Å². The number of carbonyl (C=O) groups excluding carboxylic acids is 1. The van der Waals surface area contributed by atoms with Crippen molar-refractivity contribution >= 4 is 5.91 Å². The van der Waals surface area contributed by atoms with Crippen molar-refractivity contribution in [2.45, 2.75) is 51.2 Å². The third kappa shape index (κ3) is 9.76. The number of rotatable bonds is 7. The fourth-order valence-corrected chi connectivity index (χ4v) is 1.30. The maximum atomic E-state index is 11.8. The molecule has 1 atom stereocenters. The maximum absolute atomic E-state index is 11.8. The molecule has 0 heterocycles. The molecule has 0 aromatic carbocycles. The average molecular weight is 240 g/mol. The molecule has 0 spiro atoms. The highest BCUT2D eigenvalue weighted by atomic mass is 19.4. The lowest BCUT2D eigenvalue weighted by atomic mass is 10.1. The summed E-state index contributed by atoms with van der Waals surface area (Å²) < 4.78 is 35.3. The Morgan fingerprint density at radius 2 is 2.06 bits per heavy atom. The van der Waals surface area contributed by atoms with E-state index in [4.69, 9.17) is 5.73 Å². The van der Waals surface area contributed by atoms with Crippen molar-refractivity contribution in [3.8, 4) is 0 Å². The molecule has 16 heavy (non-hydrogen) atoms. The number of hydrogen-bond acceptors (Lipinski definition) is 2. The van der Waals surface area contributed by atoms with Crippen LogP contribution >= 0.6 is 0 Å². The van der Waals surface area contributed by atoms with Crippen LogP contribution in [0.3, 0.4) is 0 Å². The number of nitrogens with two attached hydrogens (primary N) is 1. The largest absolute Gasteiger partial charge is 0.389 e. The minimum absolute atomic E-state index is 0.0528. The number of carbonyl (C=O) groups is 1. The van der Waals surface area contributed by atoms with Gasteiger partial charge in [0.2, 0.25) is 5.91 Å². The summed E-state index contributed by atoms with van der Waals surface area (Å²) in [5.74, 6) is -0.275. The predicted molar refractivity (Wildman–Crippen MR) is 55.8 cm³/mol. The molecule has 0 aliphatic rings. The van der Waals surface area contributed by atoms with Gasteiger partial charge < -0.3 is 11.1 Å². The second-order valence-electron chi connectivity index (χ2n) is 3.82. The van der Waals surface area contributed by atoms with E-state index in [0.29, 0.717) is 0 Å². The molecule has 0 aliphatic carbocycles. The molecule has 0 aromatic heterocycles. The van der Waals surface area contributed by atoms with Gasteiger partial charge in [0.1, 0.15) is 0 Å². The molecule has 6 heteroatoms. The molecule has 3 nitrogen and oxygen atoms in total. The first-order valence-corrected chi connectivity index (χ1v) is 5.44. The monoisotopic (exact) mass is 240 g/mol. The van der Waals surface area contributed by atoms with Crippen molar-refractivity contribution in [2.75, 3.05) is 6.54 Å². The number of alkyl halides is 3. The highest BCUT2D eigenvalue weighted by Gasteiger charge is 2.25. The van der Waals surface area contributed by atoms with Gasteiger partial charge >= 0.3 is 6.18 Å². The lowest BCUT2D eigenvalue weighted by molar-refractivity contribution is -0.136. The van der Waals surface area contributed by atoms with Crippen LogP contribution in [-0.2, 0) is 4.79 Å². The van der Waals surface area contributed by atoms with Crippen LogP contribution in [0.25, 0.3) is 0 Å². The van der Waals surface area contributed by atoms with E-state index in [1.807, 2.05) is 6.92 Å². The summed E-state index contributed by atoms with van der Waals surface area (Å²) >= 11 is 0. The van der Waals surface area contributed by atoms with Crippen molar-refractivity contribution in [2.24, 2.45) is 5.73 Å². The third-order valence-corrected chi connectivity index (χ3v) is 2.07. The molecule has 0 saturated heterocycles. The van der Waals surface area contributed by atoms with E-state index in [1.165, 1.54) is 0 Å². The van der Waals surface area contributed by atoms with Crippen molar-refractivity contribution in [3.63, 3.8) is 0 Å². The summed E-state index contributed by atoms with van der Waals surface area (Å²) in [6.45, 7) is 2.01. The number of amides is 1. The van der Waals surface area contributed by atoms with Crippen LogP contribution in [0.5, 0.6) is 0 Å². The van der Waals surface area contributed by atoms with Crippen molar-refractivity contribution in [1.29, 1.82) is 0 Å². The van der Waals surface area contributed by atoms with Gasteiger partial charge in [-0.2, -0.15) is 13.2 Å². The van der Waals surface area contributed by atoms with E-state index in [0.717, 1.165) is 12.8 Å². The highest BCUT2D eigenvalue weighted by molar-refractivity contribution is 5.76. The van der Waals surface area contributed by atoms with E-state index in [-0.39, 0.29) is 31.3 Å². The zero-order valence-corrected chi connectivity index (χ0v) is 9.44. The second-order valence-corrected chi connectivity index (χ2v) is 3.82.